The third kappa shape index (κ3) is 3.77. The van der Waals surface area contributed by atoms with Gasteiger partial charge in [-0.2, -0.15) is 0 Å². The van der Waals surface area contributed by atoms with Crippen molar-refractivity contribution in [3.8, 4) is 11.1 Å². The highest BCUT2D eigenvalue weighted by molar-refractivity contribution is 7.19. The lowest BCUT2D eigenvalue weighted by Gasteiger charge is -2.34. The van der Waals surface area contributed by atoms with E-state index in [0.717, 1.165) is 6.42 Å². The second-order valence-corrected chi connectivity index (χ2v) is 16.6. The largest absolute Gasteiger partial charge is 0.337 e. The Balaban J connectivity index is 1.24. The van der Waals surface area contributed by atoms with E-state index in [1.54, 1.807) is 5.56 Å². The zero-order valence-corrected chi connectivity index (χ0v) is 25.9. The quantitative estimate of drug-likeness (QED) is 0.151. The monoisotopic (exact) mass is 581 g/mol. The van der Waals surface area contributed by atoms with Crippen molar-refractivity contribution in [3.63, 3.8) is 0 Å². The lowest BCUT2D eigenvalue weighted by atomic mass is 9.98. The molecule has 2 unspecified atom stereocenters. The third-order valence-corrected chi connectivity index (χ3v) is 15.4. The Bertz CT molecular complexity index is 1890. The normalized spacial score (nSPS) is 18.0. The van der Waals surface area contributed by atoms with Crippen molar-refractivity contribution in [2.75, 3.05) is 4.90 Å². The molecule has 0 spiro atoms. The van der Waals surface area contributed by atoms with Gasteiger partial charge in [-0.3, -0.25) is 0 Å². The van der Waals surface area contributed by atoms with Crippen LogP contribution in [0.25, 0.3) is 11.1 Å². The summed E-state index contributed by atoms with van der Waals surface area (Å²) in [4.78, 5) is 2.67. The van der Waals surface area contributed by atoms with Gasteiger partial charge in [0.1, 0.15) is 0 Å². The molecule has 6 aromatic rings. The molecule has 212 valence electrons. The average Bonchev–Trinajstić information content (AvgIpc) is 3.79. The summed E-state index contributed by atoms with van der Waals surface area (Å²) < 4.78 is 0. The van der Waals surface area contributed by atoms with Gasteiger partial charge in [-0.15, -0.1) is 0 Å². The van der Waals surface area contributed by atoms with Crippen LogP contribution >= 0.6 is 0 Å². The van der Waals surface area contributed by atoms with Crippen molar-refractivity contribution in [2.24, 2.45) is 0 Å². The molecule has 0 amide bonds. The van der Waals surface area contributed by atoms with E-state index in [0.29, 0.717) is 12.0 Å². The van der Waals surface area contributed by atoms with E-state index in [1.807, 2.05) is 0 Å². The van der Waals surface area contributed by atoms with Gasteiger partial charge >= 0.3 is 0 Å². The number of fused-ring (bicyclic) bond motifs is 6. The van der Waals surface area contributed by atoms with Crippen molar-refractivity contribution >= 4 is 40.2 Å². The van der Waals surface area contributed by atoms with E-state index in [2.05, 4.69) is 157 Å². The van der Waals surface area contributed by atoms with Crippen molar-refractivity contribution in [3.05, 3.63) is 168 Å². The maximum Gasteiger partial charge on any atom is 0.179 e. The Kier molecular flexibility index (Phi) is 5.99. The van der Waals surface area contributed by atoms with Crippen LogP contribution in [0, 0.1) is 0 Å². The Hall–Kier alpha value is -4.66. The molecular weight excluding hydrogens is 547 g/mol. The SMILES string of the molecule is c1ccc([Si](c2ccccc2)(c2ccccc2)c2ccc3c(c2)-c2cc(N4c5ccccc5C5CCCC54)ccc2C3)cc1. The van der Waals surface area contributed by atoms with E-state index in [1.165, 1.54) is 73.6 Å². The standard InChI is InChI=1S/C42H35NSi/c1-4-13-33(14-5-1)44(34-15-6-2-7-16-34,35-17-8-3-9-18-35)36-26-24-31-27-30-23-25-32(28-39(30)40(31)29-36)43-41-21-11-10-19-37(41)38-20-12-22-42(38)43/h1-11,13-19,21,23-26,28-29,38,42H,12,20,22,27H2. The summed E-state index contributed by atoms with van der Waals surface area (Å²) in [6.45, 7) is 0. The molecule has 2 heteroatoms. The first-order valence-electron chi connectivity index (χ1n) is 16.1. The molecule has 1 nitrogen and oxygen atoms in total. The molecule has 6 aromatic carbocycles. The number of benzene rings is 6. The summed E-state index contributed by atoms with van der Waals surface area (Å²) in [6, 6.07) is 58.3. The molecule has 1 aliphatic heterocycles. The Morgan fingerprint density at radius 2 is 1.07 bits per heavy atom. The maximum absolute atomic E-state index is 2.67. The third-order valence-electron chi connectivity index (χ3n) is 10.6. The molecule has 1 heterocycles. The Morgan fingerprint density at radius 1 is 0.500 bits per heavy atom. The minimum absolute atomic E-state index is 0.576. The van der Waals surface area contributed by atoms with Crippen LogP contribution in [-0.4, -0.2) is 14.1 Å². The molecular formula is C42H35NSi. The number of hydrogen-bond donors (Lipinski definition) is 0. The van der Waals surface area contributed by atoms with Crippen LogP contribution in [0.5, 0.6) is 0 Å². The van der Waals surface area contributed by atoms with Gasteiger partial charge in [-0.25, -0.2) is 0 Å². The fourth-order valence-corrected chi connectivity index (χ4v) is 13.5. The molecule has 3 aliphatic rings. The molecule has 9 rings (SSSR count). The summed E-state index contributed by atoms with van der Waals surface area (Å²) in [6.07, 6.45) is 4.91. The van der Waals surface area contributed by atoms with Crippen LogP contribution in [0.1, 0.15) is 41.9 Å². The average molecular weight is 582 g/mol. The first-order chi connectivity index (χ1) is 21.8. The Morgan fingerprint density at radius 3 is 1.73 bits per heavy atom. The van der Waals surface area contributed by atoms with Gasteiger partial charge in [0, 0.05) is 23.3 Å². The summed E-state index contributed by atoms with van der Waals surface area (Å²) >= 11 is 0. The van der Waals surface area contributed by atoms with E-state index in [-0.39, 0.29) is 0 Å². The van der Waals surface area contributed by atoms with Crippen LogP contribution in [-0.2, 0) is 6.42 Å². The van der Waals surface area contributed by atoms with E-state index in [4.69, 9.17) is 0 Å². The number of hydrogen-bond acceptors (Lipinski definition) is 1. The van der Waals surface area contributed by atoms with Crippen molar-refractivity contribution < 1.29 is 0 Å². The van der Waals surface area contributed by atoms with Crippen LogP contribution in [0.15, 0.2) is 152 Å². The van der Waals surface area contributed by atoms with Gasteiger partial charge in [0.05, 0.1) is 0 Å². The highest BCUT2D eigenvalue weighted by atomic mass is 28.3. The van der Waals surface area contributed by atoms with E-state index < -0.39 is 8.07 Å². The highest BCUT2D eigenvalue weighted by Crippen LogP contribution is 2.53. The number of anilines is 2. The zero-order valence-electron chi connectivity index (χ0n) is 24.9. The van der Waals surface area contributed by atoms with Gasteiger partial charge < -0.3 is 4.90 Å². The lowest BCUT2D eigenvalue weighted by Crippen LogP contribution is -2.74. The molecule has 0 N–H and O–H groups in total. The fourth-order valence-electron chi connectivity index (χ4n) is 8.75. The molecule has 0 aromatic heterocycles. The molecule has 1 saturated carbocycles. The molecule has 44 heavy (non-hydrogen) atoms. The van der Waals surface area contributed by atoms with Crippen molar-refractivity contribution in [2.45, 2.75) is 37.6 Å². The molecule has 0 bridgehead atoms. The molecule has 1 fully saturated rings. The fraction of sp³-hybridized carbons (Fsp3) is 0.143. The molecule has 2 aliphatic carbocycles. The highest BCUT2D eigenvalue weighted by Gasteiger charge is 2.43. The number of rotatable bonds is 5. The second-order valence-electron chi connectivity index (χ2n) is 12.8. The van der Waals surface area contributed by atoms with Gasteiger partial charge in [0.15, 0.2) is 8.07 Å². The Labute approximate surface area is 261 Å². The first kappa shape index (κ1) is 25.8. The van der Waals surface area contributed by atoms with Gasteiger partial charge in [-0.1, -0.05) is 140 Å². The summed E-state index contributed by atoms with van der Waals surface area (Å²) in [5.41, 5.74) is 10.0. The second kappa shape index (κ2) is 10.2. The minimum atomic E-state index is -2.58. The number of para-hydroxylation sites is 1. The topological polar surface area (TPSA) is 3.24 Å². The van der Waals surface area contributed by atoms with Crippen LogP contribution in [0.2, 0.25) is 0 Å². The van der Waals surface area contributed by atoms with E-state index >= 15 is 0 Å². The molecule has 0 radical (unpaired) electrons. The van der Waals surface area contributed by atoms with Gasteiger partial charge in [-0.05, 0) is 86.0 Å². The predicted molar refractivity (Wildman–Crippen MR) is 187 cm³/mol. The van der Waals surface area contributed by atoms with Gasteiger partial charge in [0.2, 0.25) is 0 Å². The summed E-state index contributed by atoms with van der Waals surface area (Å²) in [7, 11) is -2.58. The van der Waals surface area contributed by atoms with Crippen molar-refractivity contribution in [1.29, 1.82) is 0 Å². The smallest absolute Gasteiger partial charge is 0.179 e. The number of nitrogens with zero attached hydrogens (tertiary/aromatic N) is 1. The summed E-state index contributed by atoms with van der Waals surface area (Å²) in [5.74, 6) is 0.660. The first-order valence-corrected chi connectivity index (χ1v) is 18.1. The van der Waals surface area contributed by atoms with Crippen LogP contribution in [0.3, 0.4) is 0 Å². The molecule has 0 saturated heterocycles. The van der Waals surface area contributed by atoms with Crippen LogP contribution < -0.4 is 25.6 Å². The van der Waals surface area contributed by atoms with Crippen molar-refractivity contribution in [1.82, 2.24) is 0 Å². The molecule has 2 atom stereocenters. The lowest BCUT2D eigenvalue weighted by molar-refractivity contribution is 0.642. The minimum Gasteiger partial charge on any atom is -0.337 e. The van der Waals surface area contributed by atoms with Crippen LogP contribution in [0.4, 0.5) is 11.4 Å². The van der Waals surface area contributed by atoms with E-state index in [9.17, 15) is 0 Å². The predicted octanol–water partition coefficient (Wildman–Crippen LogP) is 7.42. The summed E-state index contributed by atoms with van der Waals surface area (Å²) in [5, 5.41) is 5.71. The van der Waals surface area contributed by atoms with Gasteiger partial charge in [0.25, 0.3) is 0 Å². The maximum atomic E-state index is 2.67. The zero-order chi connectivity index (χ0) is 29.1.